The van der Waals surface area contributed by atoms with Crippen molar-refractivity contribution >= 4 is 23.1 Å². The lowest BCUT2D eigenvalue weighted by molar-refractivity contribution is -0.0504. The van der Waals surface area contributed by atoms with Crippen LogP contribution in [0.25, 0.3) is 0 Å². The Morgan fingerprint density at radius 1 is 1.10 bits per heavy atom. The van der Waals surface area contributed by atoms with Crippen LogP contribution in [0, 0.1) is 13.8 Å². The molecular formula is C22H21F2NO4S. The molecule has 0 fully saturated rings. The highest BCUT2D eigenvalue weighted by atomic mass is 32.1. The van der Waals surface area contributed by atoms with Crippen molar-refractivity contribution in [3.05, 3.63) is 75.2 Å². The minimum Gasteiger partial charge on any atom is -0.454 e. The first-order valence-corrected chi connectivity index (χ1v) is 10.2. The molecule has 0 spiro atoms. The zero-order valence-electron chi connectivity index (χ0n) is 16.6. The molecule has 0 bridgehead atoms. The number of para-hydroxylation sites is 1. The van der Waals surface area contributed by atoms with Crippen LogP contribution in [0.15, 0.2) is 47.8 Å². The molecule has 3 aromatic rings. The van der Waals surface area contributed by atoms with Crippen LogP contribution in [0.1, 0.15) is 37.0 Å². The molecule has 0 unspecified atom stereocenters. The van der Waals surface area contributed by atoms with Crippen molar-refractivity contribution in [3.63, 3.8) is 0 Å². The molecule has 5 nitrogen and oxygen atoms in total. The minimum absolute atomic E-state index is 0.160. The lowest BCUT2D eigenvalue weighted by Gasteiger charge is -2.10. The summed E-state index contributed by atoms with van der Waals surface area (Å²) in [4.78, 5) is 26.2. The van der Waals surface area contributed by atoms with Gasteiger partial charge in [0.15, 0.2) is 6.61 Å². The number of hydrogen-bond donors (Lipinski definition) is 0. The van der Waals surface area contributed by atoms with Crippen molar-refractivity contribution in [2.75, 3.05) is 6.61 Å². The van der Waals surface area contributed by atoms with E-state index in [9.17, 15) is 18.4 Å². The van der Waals surface area contributed by atoms with Crippen molar-refractivity contribution < 1.29 is 27.8 Å². The number of thiophene rings is 1. The number of esters is 1. The molecule has 2 heterocycles. The van der Waals surface area contributed by atoms with Gasteiger partial charge in [0.1, 0.15) is 11.3 Å². The fourth-order valence-electron chi connectivity index (χ4n) is 3.22. The van der Waals surface area contributed by atoms with E-state index in [-0.39, 0.29) is 17.1 Å². The average molecular weight is 433 g/mol. The number of carbonyl (C=O) groups excluding carboxylic acids is 2. The van der Waals surface area contributed by atoms with E-state index in [1.54, 1.807) is 17.4 Å². The molecule has 0 atom stereocenters. The monoisotopic (exact) mass is 433 g/mol. The number of ketones is 1. The standard InChI is InChI=1S/C22H21F2NO4S/c1-14-12-18(15(2)25(14)10-9-16-6-5-11-30-16)19(26)13-28-21(27)17-7-3-4-8-20(17)29-22(23)24/h3-8,11-12,22H,9-10,13H2,1-2H3. The van der Waals surface area contributed by atoms with Crippen LogP contribution in [-0.2, 0) is 17.7 Å². The van der Waals surface area contributed by atoms with Gasteiger partial charge >= 0.3 is 12.6 Å². The molecule has 0 N–H and O–H groups in total. The first-order chi connectivity index (χ1) is 14.4. The number of ether oxygens (including phenoxy) is 2. The fourth-order valence-corrected chi connectivity index (χ4v) is 3.92. The van der Waals surface area contributed by atoms with Gasteiger partial charge in [0, 0.05) is 28.4 Å². The molecule has 3 rings (SSSR count). The number of carbonyl (C=O) groups is 2. The zero-order chi connectivity index (χ0) is 21.7. The third-order valence-electron chi connectivity index (χ3n) is 4.69. The molecule has 30 heavy (non-hydrogen) atoms. The number of hydrogen-bond acceptors (Lipinski definition) is 5. The highest BCUT2D eigenvalue weighted by Gasteiger charge is 2.20. The summed E-state index contributed by atoms with van der Waals surface area (Å²) in [5.41, 5.74) is 2.05. The molecule has 0 saturated heterocycles. The topological polar surface area (TPSA) is 57.5 Å². The van der Waals surface area contributed by atoms with Crippen LogP contribution in [-0.4, -0.2) is 29.5 Å². The van der Waals surface area contributed by atoms with E-state index in [0.29, 0.717) is 5.56 Å². The van der Waals surface area contributed by atoms with E-state index >= 15 is 0 Å². The maximum absolute atomic E-state index is 12.6. The molecule has 0 saturated carbocycles. The molecule has 0 radical (unpaired) electrons. The second kappa shape index (κ2) is 9.67. The van der Waals surface area contributed by atoms with Crippen LogP contribution in [0.2, 0.25) is 0 Å². The maximum atomic E-state index is 12.6. The van der Waals surface area contributed by atoms with Gasteiger partial charge in [-0.3, -0.25) is 4.79 Å². The molecule has 0 aliphatic heterocycles. The van der Waals surface area contributed by atoms with Crippen LogP contribution >= 0.6 is 11.3 Å². The summed E-state index contributed by atoms with van der Waals surface area (Å²) in [7, 11) is 0. The van der Waals surface area contributed by atoms with Gasteiger partial charge in [-0.2, -0.15) is 8.78 Å². The second-order valence-corrected chi connectivity index (χ2v) is 7.67. The van der Waals surface area contributed by atoms with Gasteiger partial charge < -0.3 is 14.0 Å². The highest BCUT2D eigenvalue weighted by molar-refractivity contribution is 7.09. The predicted octanol–water partition coefficient (Wildman–Crippen LogP) is 5.05. The number of alkyl halides is 2. The summed E-state index contributed by atoms with van der Waals surface area (Å²) >= 11 is 1.69. The third kappa shape index (κ3) is 5.13. The van der Waals surface area contributed by atoms with E-state index in [0.717, 1.165) is 24.4 Å². The van der Waals surface area contributed by atoms with Crippen LogP contribution in [0.3, 0.4) is 0 Å². The van der Waals surface area contributed by atoms with Gasteiger partial charge in [-0.15, -0.1) is 11.3 Å². The van der Waals surface area contributed by atoms with Crippen LogP contribution < -0.4 is 4.74 Å². The van der Waals surface area contributed by atoms with E-state index in [4.69, 9.17) is 4.74 Å². The summed E-state index contributed by atoms with van der Waals surface area (Å²) in [6, 6.07) is 11.4. The van der Waals surface area contributed by atoms with Crippen LogP contribution in [0.4, 0.5) is 8.78 Å². The average Bonchev–Trinajstić information content (AvgIpc) is 3.32. The first-order valence-electron chi connectivity index (χ1n) is 9.30. The van der Waals surface area contributed by atoms with Gasteiger partial charge in [-0.05, 0) is 49.9 Å². The second-order valence-electron chi connectivity index (χ2n) is 6.64. The van der Waals surface area contributed by atoms with Gasteiger partial charge in [0.05, 0.1) is 0 Å². The van der Waals surface area contributed by atoms with E-state index in [1.165, 1.54) is 29.1 Å². The van der Waals surface area contributed by atoms with Gasteiger partial charge in [-0.1, -0.05) is 18.2 Å². The molecule has 2 aromatic heterocycles. The molecule has 1 aromatic carbocycles. The number of rotatable bonds is 9. The van der Waals surface area contributed by atoms with Crippen molar-refractivity contribution in [2.45, 2.75) is 33.4 Å². The SMILES string of the molecule is Cc1cc(C(=O)COC(=O)c2ccccc2OC(F)F)c(C)n1CCc1cccs1. The van der Waals surface area contributed by atoms with Crippen LogP contribution in [0.5, 0.6) is 5.75 Å². The van der Waals surface area contributed by atoms with E-state index in [2.05, 4.69) is 15.4 Å². The number of nitrogens with zero attached hydrogens (tertiary/aromatic N) is 1. The Hall–Kier alpha value is -3.00. The largest absolute Gasteiger partial charge is 0.454 e. The number of benzene rings is 1. The lowest BCUT2D eigenvalue weighted by Crippen LogP contribution is -2.16. The Kier molecular flexibility index (Phi) is 6.99. The summed E-state index contributed by atoms with van der Waals surface area (Å²) in [5.74, 6) is -1.55. The third-order valence-corrected chi connectivity index (χ3v) is 5.63. The van der Waals surface area contributed by atoms with E-state index in [1.807, 2.05) is 25.3 Å². The highest BCUT2D eigenvalue weighted by Crippen LogP contribution is 2.22. The van der Waals surface area contributed by atoms with E-state index < -0.39 is 19.2 Å². The number of Topliss-reactive ketones (excluding diaryl/α,β-unsaturated/α-hetero) is 1. The summed E-state index contributed by atoms with van der Waals surface area (Å²) in [6.45, 7) is 0.950. The maximum Gasteiger partial charge on any atom is 0.387 e. The Balaban J connectivity index is 1.65. The normalized spacial score (nSPS) is 11.0. The Morgan fingerprint density at radius 3 is 2.57 bits per heavy atom. The summed E-state index contributed by atoms with van der Waals surface area (Å²) in [5, 5.41) is 2.03. The van der Waals surface area contributed by atoms with Gasteiger partial charge in [0.2, 0.25) is 5.78 Å². The lowest BCUT2D eigenvalue weighted by atomic mass is 10.1. The first kappa shape index (κ1) is 21.7. The molecule has 0 aliphatic carbocycles. The molecule has 0 aliphatic rings. The predicted molar refractivity (Wildman–Crippen MR) is 110 cm³/mol. The summed E-state index contributed by atoms with van der Waals surface area (Å²) < 4.78 is 36.5. The minimum atomic E-state index is -3.07. The quantitative estimate of drug-likeness (QED) is 0.350. The molecule has 0 amide bonds. The van der Waals surface area contributed by atoms with Gasteiger partial charge in [0.25, 0.3) is 0 Å². The Morgan fingerprint density at radius 2 is 1.87 bits per heavy atom. The number of aromatic nitrogens is 1. The molecule has 158 valence electrons. The fraction of sp³-hybridized carbons (Fsp3) is 0.273. The number of halogens is 2. The van der Waals surface area contributed by atoms with Crippen molar-refractivity contribution in [1.29, 1.82) is 0 Å². The smallest absolute Gasteiger partial charge is 0.387 e. The molecule has 8 heteroatoms. The zero-order valence-corrected chi connectivity index (χ0v) is 17.4. The number of aryl methyl sites for hydroxylation is 2. The van der Waals surface area contributed by atoms with Crippen molar-refractivity contribution in [1.82, 2.24) is 4.57 Å². The summed E-state index contributed by atoms with van der Waals surface area (Å²) in [6.07, 6.45) is 0.859. The van der Waals surface area contributed by atoms with Crippen molar-refractivity contribution in [3.8, 4) is 5.75 Å². The Labute approximate surface area is 176 Å². The van der Waals surface area contributed by atoms with Gasteiger partial charge in [-0.25, -0.2) is 4.79 Å². The Bertz CT molecular complexity index is 1030. The molecular weight excluding hydrogens is 412 g/mol. The van der Waals surface area contributed by atoms with Crippen molar-refractivity contribution in [2.24, 2.45) is 0 Å².